The molecule has 0 bridgehead atoms. The summed E-state index contributed by atoms with van der Waals surface area (Å²) in [5.41, 5.74) is 6.33. The van der Waals surface area contributed by atoms with Gasteiger partial charge in [0.05, 0.1) is 0 Å². The topological polar surface area (TPSA) is 189 Å². The Balaban J connectivity index is 3.17. The Morgan fingerprint density at radius 1 is 0.674 bits per heavy atom. The average molecular weight is 604 g/mol. The van der Waals surface area contributed by atoms with Crippen LogP contribution in [0.1, 0.15) is 103 Å². The van der Waals surface area contributed by atoms with Gasteiger partial charge in [-0.15, -0.1) is 0 Å². The number of rotatable bonds is 24. The van der Waals surface area contributed by atoms with Crippen molar-refractivity contribution in [3.8, 4) is 5.75 Å². The van der Waals surface area contributed by atoms with E-state index >= 15 is 0 Å². The fraction of sp³-hybridized carbons (Fsp3) is 0.636. The molecule has 0 aliphatic carbocycles. The zero-order valence-corrected chi connectivity index (χ0v) is 25.8. The number of carbonyl (C=O) groups excluding carboxylic acids is 4. The number of aliphatic carboxylic acids is 2. The summed E-state index contributed by atoms with van der Waals surface area (Å²) in [7, 11) is 0. The number of hydrogen-bond donors (Lipinski definition) is 4. The SMILES string of the molecule is CCC(CCC(=O)O)C(=O)CC(CCC(=O)O)C(=O)CC(Cc1ccc(O)cc1)C(=O)CC(CCCCC(C)C)C(N)=O. The van der Waals surface area contributed by atoms with Crippen LogP contribution in [0.3, 0.4) is 0 Å². The van der Waals surface area contributed by atoms with E-state index in [2.05, 4.69) is 13.8 Å². The number of carboxylic acid groups (broad SMARTS) is 2. The molecule has 0 saturated heterocycles. The summed E-state index contributed by atoms with van der Waals surface area (Å²) in [5.74, 6) is -6.26. The van der Waals surface area contributed by atoms with Crippen molar-refractivity contribution in [2.24, 2.45) is 35.3 Å². The molecule has 10 nitrogen and oxygen atoms in total. The van der Waals surface area contributed by atoms with Gasteiger partial charge in [-0.1, -0.05) is 52.2 Å². The lowest BCUT2D eigenvalue weighted by Crippen LogP contribution is -2.31. The number of nitrogens with two attached hydrogens (primary N) is 1. The highest BCUT2D eigenvalue weighted by Crippen LogP contribution is 2.27. The predicted molar refractivity (Wildman–Crippen MR) is 161 cm³/mol. The third-order valence-electron chi connectivity index (χ3n) is 8.02. The number of Topliss-reactive ketones (excluding diaryl/α,β-unsaturated/α-hetero) is 3. The van der Waals surface area contributed by atoms with Crippen LogP contribution in [0.2, 0.25) is 0 Å². The quantitative estimate of drug-likeness (QED) is 0.116. The minimum Gasteiger partial charge on any atom is -0.508 e. The first-order valence-electron chi connectivity index (χ1n) is 15.3. The second kappa shape index (κ2) is 19.6. The van der Waals surface area contributed by atoms with E-state index in [1.54, 1.807) is 19.1 Å². The standard InChI is InChI=1S/C33H49NO9/c1-4-23(11-15-31(39)40)28(36)18-24(12-16-32(41)42)29(37)20-26(17-22-9-13-27(35)14-10-22)30(38)19-25(33(34)43)8-6-5-7-21(2)3/h9-10,13-14,21,23-26,35H,4-8,11-12,15-20H2,1-3H3,(H2,34,43)(H,39,40)(H,41,42). The van der Waals surface area contributed by atoms with E-state index in [1.807, 2.05) is 0 Å². The van der Waals surface area contributed by atoms with E-state index in [9.17, 15) is 39.0 Å². The first-order valence-corrected chi connectivity index (χ1v) is 15.3. The van der Waals surface area contributed by atoms with Crippen LogP contribution in [0.25, 0.3) is 0 Å². The molecule has 43 heavy (non-hydrogen) atoms. The summed E-state index contributed by atoms with van der Waals surface area (Å²) >= 11 is 0. The average Bonchev–Trinajstić information content (AvgIpc) is 2.92. The highest BCUT2D eigenvalue weighted by atomic mass is 16.4. The number of phenolic OH excluding ortho intramolecular Hbond substituents is 1. The van der Waals surface area contributed by atoms with Gasteiger partial charge in [0.1, 0.15) is 23.1 Å². The molecule has 0 aromatic heterocycles. The summed E-state index contributed by atoms with van der Waals surface area (Å²) in [6, 6.07) is 6.21. The lowest BCUT2D eigenvalue weighted by atomic mass is 9.79. The first-order chi connectivity index (χ1) is 20.2. The Morgan fingerprint density at radius 3 is 1.65 bits per heavy atom. The van der Waals surface area contributed by atoms with E-state index in [0.29, 0.717) is 24.3 Å². The number of carbonyl (C=O) groups is 6. The highest BCUT2D eigenvalue weighted by Gasteiger charge is 2.32. The molecule has 1 aromatic carbocycles. The summed E-state index contributed by atoms with van der Waals surface area (Å²) in [5, 5.41) is 27.9. The maximum Gasteiger partial charge on any atom is 0.303 e. The molecule has 5 N–H and O–H groups in total. The van der Waals surface area contributed by atoms with Gasteiger partial charge in [-0.2, -0.15) is 0 Å². The molecule has 0 heterocycles. The van der Waals surface area contributed by atoms with Crippen LogP contribution in [-0.2, 0) is 35.2 Å². The van der Waals surface area contributed by atoms with Crippen LogP contribution in [0.15, 0.2) is 24.3 Å². The van der Waals surface area contributed by atoms with E-state index < -0.39 is 47.3 Å². The predicted octanol–water partition coefficient (Wildman–Crippen LogP) is 5.12. The van der Waals surface area contributed by atoms with Crippen molar-refractivity contribution in [2.45, 2.75) is 104 Å². The minimum absolute atomic E-state index is 0.0403. The Bertz CT molecular complexity index is 1080. The third kappa shape index (κ3) is 15.5. The van der Waals surface area contributed by atoms with Gasteiger partial charge in [0.15, 0.2) is 0 Å². The molecule has 0 spiro atoms. The third-order valence-corrected chi connectivity index (χ3v) is 8.02. The van der Waals surface area contributed by atoms with Crippen LogP contribution in [0, 0.1) is 29.6 Å². The van der Waals surface area contributed by atoms with Crippen molar-refractivity contribution < 1.29 is 44.1 Å². The largest absolute Gasteiger partial charge is 0.508 e. The van der Waals surface area contributed by atoms with Crippen LogP contribution < -0.4 is 5.73 Å². The minimum atomic E-state index is -1.12. The Hall–Kier alpha value is -3.56. The molecule has 0 radical (unpaired) electrons. The summed E-state index contributed by atoms with van der Waals surface area (Å²) in [4.78, 5) is 74.8. The van der Waals surface area contributed by atoms with Gasteiger partial charge in [0, 0.05) is 55.8 Å². The molecule has 10 heteroatoms. The number of hydrogen-bond acceptors (Lipinski definition) is 7. The van der Waals surface area contributed by atoms with Crippen LogP contribution in [-0.4, -0.2) is 50.5 Å². The molecule has 0 aliphatic heterocycles. The summed E-state index contributed by atoms with van der Waals surface area (Å²) in [6.07, 6.45) is 2.51. The van der Waals surface area contributed by atoms with Crippen molar-refractivity contribution >= 4 is 35.2 Å². The highest BCUT2D eigenvalue weighted by molar-refractivity contribution is 5.94. The van der Waals surface area contributed by atoms with Crippen molar-refractivity contribution in [3.63, 3.8) is 0 Å². The molecule has 0 fully saturated rings. The van der Waals surface area contributed by atoms with E-state index in [4.69, 9.17) is 10.8 Å². The van der Waals surface area contributed by atoms with Crippen LogP contribution in [0.5, 0.6) is 5.75 Å². The number of unbranched alkanes of at least 4 members (excludes halogenated alkanes) is 1. The Morgan fingerprint density at radius 2 is 1.14 bits per heavy atom. The van der Waals surface area contributed by atoms with Gasteiger partial charge in [0.2, 0.25) is 5.91 Å². The zero-order chi connectivity index (χ0) is 32.5. The lowest BCUT2D eigenvalue weighted by Gasteiger charge is -2.22. The van der Waals surface area contributed by atoms with Crippen molar-refractivity contribution in [1.29, 1.82) is 0 Å². The molecule has 4 unspecified atom stereocenters. The van der Waals surface area contributed by atoms with E-state index in [-0.39, 0.29) is 68.7 Å². The summed E-state index contributed by atoms with van der Waals surface area (Å²) in [6.45, 7) is 5.97. The Kier molecular flexibility index (Phi) is 17.1. The summed E-state index contributed by atoms with van der Waals surface area (Å²) < 4.78 is 0. The molecule has 1 amide bonds. The zero-order valence-electron chi connectivity index (χ0n) is 25.8. The van der Waals surface area contributed by atoms with Gasteiger partial charge in [0.25, 0.3) is 0 Å². The normalized spacial score (nSPS) is 14.0. The first kappa shape index (κ1) is 37.5. The number of amides is 1. The van der Waals surface area contributed by atoms with Crippen LogP contribution >= 0.6 is 0 Å². The molecule has 0 saturated carbocycles. The molecular formula is C33H49NO9. The number of benzene rings is 1. The molecule has 1 rings (SSSR count). The number of primary amides is 1. The second-order valence-electron chi connectivity index (χ2n) is 12.0. The molecule has 4 atom stereocenters. The monoisotopic (exact) mass is 603 g/mol. The second-order valence-corrected chi connectivity index (χ2v) is 12.0. The van der Waals surface area contributed by atoms with Gasteiger partial charge >= 0.3 is 11.9 Å². The van der Waals surface area contributed by atoms with Crippen molar-refractivity contribution in [2.75, 3.05) is 0 Å². The van der Waals surface area contributed by atoms with Gasteiger partial charge in [-0.25, -0.2) is 0 Å². The van der Waals surface area contributed by atoms with Gasteiger partial charge in [-0.3, -0.25) is 28.8 Å². The van der Waals surface area contributed by atoms with Gasteiger partial charge in [-0.05, 0) is 55.7 Å². The maximum atomic E-state index is 13.6. The number of phenols is 1. The number of carboxylic acids is 2. The maximum absolute atomic E-state index is 13.6. The fourth-order valence-corrected chi connectivity index (χ4v) is 5.30. The molecule has 240 valence electrons. The van der Waals surface area contributed by atoms with Gasteiger partial charge < -0.3 is 21.1 Å². The molecule has 1 aromatic rings. The van der Waals surface area contributed by atoms with Crippen molar-refractivity contribution in [1.82, 2.24) is 0 Å². The van der Waals surface area contributed by atoms with Crippen LogP contribution in [0.4, 0.5) is 0 Å². The lowest BCUT2D eigenvalue weighted by molar-refractivity contribution is -0.140. The molecular weight excluding hydrogens is 554 g/mol. The number of ketones is 3. The molecule has 0 aliphatic rings. The number of aromatic hydroxyl groups is 1. The Labute approximate surface area is 254 Å². The fourth-order valence-electron chi connectivity index (χ4n) is 5.30. The van der Waals surface area contributed by atoms with E-state index in [0.717, 1.165) is 19.3 Å². The van der Waals surface area contributed by atoms with E-state index in [1.165, 1.54) is 12.1 Å². The van der Waals surface area contributed by atoms with Crippen molar-refractivity contribution in [3.05, 3.63) is 29.8 Å². The smallest absolute Gasteiger partial charge is 0.303 e.